The van der Waals surface area contributed by atoms with Crippen LogP contribution in [0.5, 0.6) is 0 Å². The van der Waals surface area contributed by atoms with Crippen LogP contribution in [0.4, 0.5) is 4.39 Å². The molecule has 1 rings (SSSR count). The fourth-order valence-corrected chi connectivity index (χ4v) is 2.75. The van der Waals surface area contributed by atoms with Crippen LogP contribution >= 0.6 is 27.7 Å². The summed E-state index contributed by atoms with van der Waals surface area (Å²) < 4.78 is 18.9. The number of carbonyl (C=O) groups is 1. The molecule has 0 atom stereocenters. The SMILES string of the molecule is CCOC(=O)CSc1cc(Br)cc(F)c1CN=O. The molecule has 0 fully saturated rings. The van der Waals surface area contributed by atoms with Crippen LogP contribution in [0.2, 0.25) is 0 Å². The molecular formula is C11H11BrFNO3S. The summed E-state index contributed by atoms with van der Waals surface area (Å²) in [6, 6.07) is 2.91. The molecule has 0 aliphatic carbocycles. The maximum atomic E-state index is 13.6. The summed E-state index contributed by atoms with van der Waals surface area (Å²) in [7, 11) is 0. The molecular weight excluding hydrogens is 325 g/mol. The number of hydrogen-bond donors (Lipinski definition) is 0. The molecule has 4 nitrogen and oxygen atoms in total. The van der Waals surface area contributed by atoms with Crippen LogP contribution in [0, 0.1) is 10.7 Å². The second kappa shape index (κ2) is 7.48. The largest absolute Gasteiger partial charge is 0.465 e. The Hall–Kier alpha value is -0.950. The fraction of sp³-hybridized carbons (Fsp3) is 0.364. The highest BCUT2D eigenvalue weighted by molar-refractivity contribution is 9.10. The first kappa shape index (κ1) is 15.1. The number of esters is 1. The Kier molecular flexibility index (Phi) is 6.28. The topological polar surface area (TPSA) is 55.7 Å². The molecule has 0 spiro atoms. The Morgan fingerprint density at radius 3 is 2.89 bits per heavy atom. The summed E-state index contributed by atoms with van der Waals surface area (Å²) in [5.74, 6) is -0.835. The molecule has 0 amide bonds. The minimum atomic E-state index is -0.518. The van der Waals surface area contributed by atoms with E-state index in [-0.39, 0.29) is 23.8 Å². The van der Waals surface area contributed by atoms with Gasteiger partial charge in [-0.05, 0) is 19.1 Å². The van der Waals surface area contributed by atoms with Crippen molar-refractivity contribution in [2.24, 2.45) is 5.18 Å². The number of nitrogens with zero attached hydrogens (tertiary/aromatic N) is 1. The fourth-order valence-electron chi connectivity index (χ4n) is 1.27. The molecule has 1 aromatic carbocycles. The number of nitroso groups, excluding NO2 is 1. The van der Waals surface area contributed by atoms with Crippen LogP contribution in [0.1, 0.15) is 12.5 Å². The third-order valence-corrected chi connectivity index (χ3v) is 3.51. The van der Waals surface area contributed by atoms with Crippen molar-refractivity contribution in [3.8, 4) is 0 Å². The molecule has 98 valence electrons. The van der Waals surface area contributed by atoms with Gasteiger partial charge in [0, 0.05) is 14.9 Å². The quantitative estimate of drug-likeness (QED) is 0.453. The zero-order valence-electron chi connectivity index (χ0n) is 9.61. The second-order valence-corrected chi connectivity index (χ2v) is 5.18. The molecule has 0 bridgehead atoms. The van der Waals surface area contributed by atoms with Gasteiger partial charge in [-0.2, -0.15) is 4.91 Å². The summed E-state index contributed by atoms with van der Waals surface area (Å²) in [6.45, 7) is 1.75. The van der Waals surface area contributed by atoms with E-state index in [0.29, 0.717) is 16.0 Å². The first-order valence-electron chi connectivity index (χ1n) is 5.14. The van der Waals surface area contributed by atoms with Gasteiger partial charge in [-0.25, -0.2) is 4.39 Å². The summed E-state index contributed by atoms with van der Waals surface area (Å²) in [5, 5.41) is 2.69. The lowest BCUT2D eigenvalue weighted by molar-refractivity contribution is -0.139. The van der Waals surface area contributed by atoms with E-state index in [9.17, 15) is 14.1 Å². The lowest BCUT2D eigenvalue weighted by Crippen LogP contribution is -2.07. The Morgan fingerprint density at radius 1 is 1.56 bits per heavy atom. The van der Waals surface area contributed by atoms with Crippen LogP contribution in [-0.2, 0) is 16.1 Å². The van der Waals surface area contributed by atoms with E-state index in [0.717, 1.165) is 11.8 Å². The molecule has 0 N–H and O–H groups in total. The number of carbonyl (C=O) groups excluding carboxylic acids is 1. The standard InChI is InChI=1S/C11H11BrFNO3S/c1-2-17-11(15)6-18-10-4-7(12)3-9(13)8(10)5-14-16/h3-4H,2,5-6H2,1H3. The van der Waals surface area contributed by atoms with Gasteiger partial charge >= 0.3 is 5.97 Å². The number of hydrogen-bond acceptors (Lipinski definition) is 5. The first-order chi connectivity index (χ1) is 8.58. The van der Waals surface area contributed by atoms with Crippen molar-refractivity contribution in [2.45, 2.75) is 18.4 Å². The van der Waals surface area contributed by atoms with Gasteiger partial charge < -0.3 is 4.74 Å². The van der Waals surface area contributed by atoms with Crippen LogP contribution < -0.4 is 0 Å². The normalized spacial score (nSPS) is 10.2. The van der Waals surface area contributed by atoms with E-state index in [4.69, 9.17) is 4.74 Å². The zero-order valence-corrected chi connectivity index (χ0v) is 12.0. The van der Waals surface area contributed by atoms with Gasteiger partial charge in [0.2, 0.25) is 0 Å². The van der Waals surface area contributed by atoms with Crippen LogP contribution in [-0.4, -0.2) is 18.3 Å². The van der Waals surface area contributed by atoms with Crippen molar-refractivity contribution in [1.82, 2.24) is 0 Å². The van der Waals surface area contributed by atoms with E-state index >= 15 is 0 Å². The molecule has 0 aliphatic heterocycles. The molecule has 7 heteroatoms. The monoisotopic (exact) mass is 335 g/mol. The molecule has 0 heterocycles. The number of halogens is 2. The molecule has 1 aromatic rings. The number of rotatable bonds is 6. The van der Waals surface area contributed by atoms with Gasteiger partial charge in [-0.15, -0.1) is 11.8 Å². The van der Waals surface area contributed by atoms with E-state index in [1.165, 1.54) is 6.07 Å². The van der Waals surface area contributed by atoms with E-state index in [2.05, 4.69) is 21.1 Å². The second-order valence-electron chi connectivity index (χ2n) is 3.25. The lowest BCUT2D eigenvalue weighted by atomic mass is 10.2. The molecule has 0 aromatic heterocycles. The highest BCUT2D eigenvalue weighted by Crippen LogP contribution is 2.29. The van der Waals surface area contributed by atoms with Crippen LogP contribution in [0.3, 0.4) is 0 Å². The highest BCUT2D eigenvalue weighted by atomic mass is 79.9. The van der Waals surface area contributed by atoms with E-state index in [1.807, 2.05) is 0 Å². The van der Waals surface area contributed by atoms with Crippen molar-refractivity contribution in [3.05, 3.63) is 32.9 Å². The van der Waals surface area contributed by atoms with Gasteiger partial charge in [-0.3, -0.25) is 4.79 Å². The zero-order chi connectivity index (χ0) is 13.5. The molecule has 0 saturated heterocycles. The summed E-state index contributed by atoms with van der Waals surface area (Å²) in [5.41, 5.74) is 0.197. The lowest BCUT2D eigenvalue weighted by Gasteiger charge is -2.08. The molecule has 0 aliphatic rings. The maximum Gasteiger partial charge on any atom is 0.316 e. The Morgan fingerprint density at radius 2 is 2.28 bits per heavy atom. The highest BCUT2D eigenvalue weighted by Gasteiger charge is 2.13. The van der Waals surface area contributed by atoms with Gasteiger partial charge in [0.15, 0.2) is 0 Å². The van der Waals surface area contributed by atoms with Gasteiger partial charge in [-0.1, -0.05) is 21.1 Å². The van der Waals surface area contributed by atoms with E-state index < -0.39 is 5.82 Å². The Labute approximate surface area is 116 Å². The van der Waals surface area contributed by atoms with Crippen molar-refractivity contribution < 1.29 is 13.9 Å². The molecule has 0 unspecified atom stereocenters. The predicted octanol–water partition coefficient (Wildman–Crippen LogP) is 3.51. The van der Waals surface area contributed by atoms with Crippen molar-refractivity contribution in [2.75, 3.05) is 12.4 Å². The maximum absolute atomic E-state index is 13.6. The smallest absolute Gasteiger partial charge is 0.316 e. The Bertz CT molecular complexity index is 456. The average molecular weight is 336 g/mol. The van der Waals surface area contributed by atoms with Gasteiger partial charge in [0.1, 0.15) is 12.4 Å². The van der Waals surface area contributed by atoms with E-state index in [1.54, 1.807) is 13.0 Å². The van der Waals surface area contributed by atoms with Crippen LogP contribution in [0.15, 0.2) is 26.7 Å². The first-order valence-corrected chi connectivity index (χ1v) is 6.91. The van der Waals surface area contributed by atoms with Crippen molar-refractivity contribution in [1.29, 1.82) is 0 Å². The minimum Gasteiger partial charge on any atom is -0.465 e. The number of benzene rings is 1. The predicted molar refractivity (Wildman–Crippen MR) is 71.0 cm³/mol. The number of ether oxygens (including phenoxy) is 1. The summed E-state index contributed by atoms with van der Waals surface area (Å²) >= 11 is 4.28. The van der Waals surface area contributed by atoms with Crippen molar-refractivity contribution >= 4 is 33.7 Å². The average Bonchev–Trinajstić information content (AvgIpc) is 2.31. The van der Waals surface area contributed by atoms with Gasteiger partial charge in [0.25, 0.3) is 0 Å². The van der Waals surface area contributed by atoms with Crippen LogP contribution in [0.25, 0.3) is 0 Å². The van der Waals surface area contributed by atoms with Gasteiger partial charge in [0.05, 0.1) is 12.4 Å². The Balaban J connectivity index is 2.85. The van der Waals surface area contributed by atoms with Crippen molar-refractivity contribution in [3.63, 3.8) is 0 Å². The third kappa shape index (κ3) is 4.38. The molecule has 0 saturated carbocycles. The summed E-state index contributed by atoms with van der Waals surface area (Å²) in [6.07, 6.45) is 0. The minimum absolute atomic E-state index is 0.0651. The molecule has 0 radical (unpaired) electrons. The third-order valence-electron chi connectivity index (χ3n) is 1.99. The summed E-state index contributed by atoms with van der Waals surface area (Å²) in [4.78, 5) is 22.0. The molecule has 18 heavy (non-hydrogen) atoms. The number of thioether (sulfide) groups is 1.